The van der Waals surface area contributed by atoms with Crippen molar-refractivity contribution in [2.24, 2.45) is 5.10 Å². The topological polar surface area (TPSA) is 65.5 Å². The summed E-state index contributed by atoms with van der Waals surface area (Å²) in [5.41, 5.74) is 3.79. The average Bonchev–Trinajstić information content (AvgIpc) is 3.28. The van der Waals surface area contributed by atoms with E-state index in [9.17, 15) is 9.59 Å². The number of carbonyl (C=O) groups is 1. The Kier molecular flexibility index (Phi) is 5.98. The van der Waals surface area contributed by atoms with Crippen LogP contribution in [0.1, 0.15) is 36.9 Å². The molecule has 1 amide bonds. The maximum absolute atomic E-state index is 13.5. The number of amides is 1. The van der Waals surface area contributed by atoms with Crippen molar-refractivity contribution in [3.8, 4) is 11.1 Å². The van der Waals surface area contributed by atoms with E-state index in [2.05, 4.69) is 4.98 Å². The predicted octanol–water partition coefficient (Wildman–Crippen LogP) is 6.59. The Bertz CT molecular complexity index is 1500. The number of rotatable bonds is 4. The van der Waals surface area contributed by atoms with Crippen molar-refractivity contribution < 1.29 is 4.79 Å². The molecule has 0 saturated heterocycles. The molecule has 0 aliphatic carbocycles. The maximum atomic E-state index is 13.5. The highest BCUT2D eigenvalue weighted by Crippen LogP contribution is 2.39. The van der Waals surface area contributed by atoms with Gasteiger partial charge in [0.05, 0.1) is 17.3 Å². The lowest BCUT2D eigenvalue weighted by molar-refractivity contribution is -0.132. The van der Waals surface area contributed by atoms with Crippen molar-refractivity contribution in [1.29, 1.82) is 0 Å². The molecule has 2 heterocycles. The highest BCUT2D eigenvalue weighted by molar-refractivity contribution is 6.32. The van der Waals surface area contributed by atoms with Gasteiger partial charge in [-0.1, -0.05) is 78.7 Å². The van der Waals surface area contributed by atoms with E-state index in [0.29, 0.717) is 33.3 Å². The lowest BCUT2D eigenvalue weighted by Gasteiger charge is -2.22. The van der Waals surface area contributed by atoms with Crippen molar-refractivity contribution in [1.82, 2.24) is 9.99 Å². The fourth-order valence-electron chi connectivity index (χ4n) is 4.49. The van der Waals surface area contributed by atoms with E-state index in [-0.39, 0.29) is 17.9 Å². The number of aromatic nitrogens is 1. The van der Waals surface area contributed by atoms with Crippen LogP contribution in [0.2, 0.25) is 10.0 Å². The van der Waals surface area contributed by atoms with Gasteiger partial charge >= 0.3 is 0 Å². The first kappa shape index (κ1) is 22.4. The van der Waals surface area contributed by atoms with E-state index in [1.807, 2.05) is 54.6 Å². The molecule has 5 rings (SSSR count). The van der Waals surface area contributed by atoms with Crippen molar-refractivity contribution in [3.63, 3.8) is 0 Å². The molecule has 1 aliphatic rings. The van der Waals surface area contributed by atoms with E-state index >= 15 is 0 Å². The van der Waals surface area contributed by atoms with Crippen molar-refractivity contribution in [2.45, 2.75) is 25.8 Å². The third-order valence-corrected chi connectivity index (χ3v) is 6.64. The number of hydrogen-bond acceptors (Lipinski definition) is 3. The van der Waals surface area contributed by atoms with Crippen LogP contribution in [0.5, 0.6) is 0 Å². The molecule has 5 nitrogen and oxygen atoms in total. The Morgan fingerprint density at radius 1 is 1.03 bits per heavy atom. The van der Waals surface area contributed by atoms with Crippen LogP contribution in [0.3, 0.4) is 0 Å². The number of halogens is 2. The molecule has 4 aromatic rings. The van der Waals surface area contributed by atoms with Gasteiger partial charge in [-0.25, -0.2) is 5.01 Å². The Labute approximate surface area is 206 Å². The van der Waals surface area contributed by atoms with Gasteiger partial charge < -0.3 is 4.98 Å². The summed E-state index contributed by atoms with van der Waals surface area (Å²) in [6, 6.07) is 22.1. The molecule has 170 valence electrons. The molecular formula is C27H21Cl2N3O2. The minimum Gasteiger partial charge on any atom is -0.321 e. The molecule has 1 aromatic heterocycles. The summed E-state index contributed by atoms with van der Waals surface area (Å²) < 4.78 is 0. The SMILES string of the molecule is CCC(=O)N1N=C(c2c(-c3ccccc3)c3cc(Cl)ccc3[nH]c2=O)C[C@@H]1c1ccccc1Cl. The van der Waals surface area contributed by atoms with E-state index in [0.717, 1.165) is 22.1 Å². The number of nitrogens with zero attached hydrogens (tertiary/aromatic N) is 2. The quantitative estimate of drug-likeness (QED) is 0.351. The van der Waals surface area contributed by atoms with Gasteiger partial charge in [0.25, 0.3) is 5.56 Å². The zero-order valence-corrected chi connectivity index (χ0v) is 19.9. The van der Waals surface area contributed by atoms with Gasteiger partial charge in [0.2, 0.25) is 5.91 Å². The van der Waals surface area contributed by atoms with Crippen LogP contribution in [0.15, 0.2) is 82.7 Å². The van der Waals surface area contributed by atoms with Gasteiger partial charge in [0.1, 0.15) is 0 Å². The Morgan fingerprint density at radius 3 is 2.50 bits per heavy atom. The van der Waals surface area contributed by atoms with Crippen molar-refractivity contribution >= 4 is 45.7 Å². The van der Waals surface area contributed by atoms with Gasteiger partial charge in [-0.3, -0.25) is 9.59 Å². The first-order valence-electron chi connectivity index (χ1n) is 11.0. The third kappa shape index (κ3) is 3.91. The summed E-state index contributed by atoms with van der Waals surface area (Å²) in [4.78, 5) is 29.3. The zero-order valence-electron chi connectivity index (χ0n) is 18.4. The van der Waals surface area contributed by atoms with Crippen LogP contribution < -0.4 is 5.56 Å². The van der Waals surface area contributed by atoms with E-state index in [4.69, 9.17) is 28.3 Å². The number of fused-ring (bicyclic) bond motifs is 1. The van der Waals surface area contributed by atoms with E-state index in [1.54, 1.807) is 25.1 Å². The van der Waals surface area contributed by atoms with Crippen LogP contribution >= 0.6 is 23.2 Å². The fourth-order valence-corrected chi connectivity index (χ4v) is 4.92. The smallest absolute Gasteiger partial charge is 0.258 e. The lowest BCUT2D eigenvalue weighted by atomic mass is 9.91. The Hall–Kier alpha value is -3.41. The molecule has 1 aliphatic heterocycles. The first-order valence-corrected chi connectivity index (χ1v) is 11.8. The van der Waals surface area contributed by atoms with Crippen molar-refractivity contribution in [3.05, 3.63) is 104 Å². The zero-order chi connectivity index (χ0) is 23.8. The third-order valence-electron chi connectivity index (χ3n) is 6.06. The summed E-state index contributed by atoms with van der Waals surface area (Å²) in [6.07, 6.45) is 0.650. The number of hydrogen-bond donors (Lipinski definition) is 1. The molecule has 0 saturated carbocycles. The predicted molar refractivity (Wildman–Crippen MR) is 137 cm³/mol. The number of H-pyrrole nitrogens is 1. The van der Waals surface area contributed by atoms with Crippen LogP contribution in [0.4, 0.5) is 0 Å². The first-order chi connectivity index (χ1) is 16.5. The standard InChI is InChI=1S/C27H21Cl2N3O2/c1-2-24(33)32-23(18-10-6-7-11-20(18)29)15-22(31-32)26-25(16-8-4-3-5-9-16)19-14-17(28)12-13-21(19)30-27(26)34/h3-14,23H,2,15H2,1H3,(H,30,34)/t23-/m1/s1. The Morgan fingerprint density at radius 2 is 1.76 bits per heavy atom. The van der Waals surface area contributed by atoms with E-state index in [1.165, 1.54) is 5.01 Å². The maximum Gasteiger partial charge on any atom is 0.258 e. The summed E-state index contributed by atoms with van der Waals surface area (Å²) in [6.45, 7) is 1.79. The van der Waals surface area contributed by atoms with Gasteiger partial charge in [-0.15, -0.1) is 0 Å². The monoisotopic (exact) mass is 489 g/mol. The normalized spacial score (nSPS) is 15.6. The number of hydrazone groups is 1. The minimum absolute atomic E-state index is 0.138. The number of pyridine rings is 1. The van der Waals surface area contributed by atoms with Crippen LogP contribution in [-0.2, 0) is 4.79 Å². The van der Waals surface area contributed by atoms with Crippen LogP contribution in [-0.4, -0.2) is 21.6 Å². The summed E-state index contributed by atoms with van der Waals surface area (Å²) >= 11 is 12.8. The number of nitrogens with one attached hydrogen (secondary N) is 1. The molecule has 3 aromatic carbocycles. The highest BCUT2D eigenvalue weighted by atomic mass is 35.5. The second-order valence-electron chi connectivity index (χ2n) is 8.14. The minimum atomic E-state index is -0.394. The molecule has 0 fully saturated rings. The molecule has 0 unspecified atom stereocenters. The van der Waals surface area contributed by atoms with Gasteiger partial charge in [0.15, 0.2) is 0 Å². The molecule has 1 N–H and O–H groups in total. The molecule has 34 heavy (non-hydrogen) atoms. The molecular weight excluding hydrogens is 469 g/mol. The number of carbonyl (C=O) groups excluding carboxylic acids is 1. The lowest BCUT2D eigenvalue weighted by Crippen LogP contribution is -2.26. The molecule has 0 bridgehead atoms. The van der Waals surface area contributed by atoms with E-state index < -0.39 is 6.04 Å². The fraction of sp³-hybridized carbons (Fsp3) is 0.148. The second-order valence-corrected chi connectivity index (χ2v) is 8.98. The van der Waals surface area contributed by atoms with Gasteiger partial charge in [-0.2, -0.15) is 5.10 Å². The van der Waals surface area contributed by atoms with Crippen molar-refractivity contribution in [2.75, 3.05) is 0 Å². The van der Waals surface area contributed by atoms with Gasteiger partial charge in [-0.05, 0) is 35.4 Å². The molecule has 0 spiro atoms. The summed E-state index contributed by atoms with van der Waals surface area (Å²) in [5, 5.41) is 8.09. The molecule has 7 heteroatoms. The molecule has 1 atom stereocenters. The largest absolute Gasteiger partial charge is 0.321 e. The summed E-state index contributed by atoms with van der Waals surface area (Å²) in [7, 11) is 0. The van der Waals surface area contributed by atoms with Crippen LogP contribution in [0, 0.1) is 0 Å². The highest BCUT2D eigenvalue weighted by Gasteiger charge is 2.35. The van der Waals surface area contributed by atoms with Gasteiger partial charge in [0, 0.05) is 39.4 Å². The Balaban J connectivity index is 1.76. The second kappa shape index (κ2) is 9.09. The van der Waals surface area contributed by atoms with Crippen LogP contribution in [0.25, 0.3) is 22.0 Å². The molecule has 0 radical (unpaired) electrons. The number of aromatic amines is 1. The number of benzene rings is 3. The summed E-state index contributed by atoms with van der Waals surface area (Å²) in [5.74, 6) is -0.138. The average molecular weight is 490 g/mol.